The van der Waals surface area contributed by atoms with Gasteiger partial charge in [-0.2, -0.15) is 0 Å². The Morgan fingerprint density at radius 3 is 2.50 bits per heavy atom. The highest BCUT2D eigenvalue weighted by Crippen LogP contribution is 2.69. The van der Waals surface area contributed by atoms with Crippen molar-refractivity contribution in [2.45, 2.75) is 23.2 Å². The molecular weight excluding hydrogens is 528 g/mol. The van der Waals surface area contributed by atoms with E-state index in [4.69, 9.17) is 9.47 Å². The van der Waals surface area contributed by atoms with E-state index in [2.05, 4.69) is 20.9 Å². The molecule has 2 aromatic carbocycles. The summed E-state index contributed by atoms with van der Waals surface area (Å²) in [7, 11) is 3.02. The molecule has 1 fully saturated rings. The summed E-state index contributed by atoms with van der Waals surface area (Å²) in [6, 6.07) is 16.5. The van der Waals surface area contributed by atoms with Crippen molar-refractivity contribution >= 4 is 21.8 Å². The van der Waals surface area contributed by atoms with E-state index < -0.39 is 35.0 Å². The zero-order chi connectivity index (χ0) is 25.7. The van der Waals surface area contributed by atoms with Gasteiger partial charge in [-0.05, 0) is 23.3 Å². The summed E-state index contributed by atoms with van der Waals surface area (Å²) >= 11 is 3.47. The molecule has 1 aliphatic carbocycles. The molecule has 0 saturated heterocycles. The van der Waals surface area contributed by atoms with Crippen molar-refractivity contribution in [2.24, 2.45) is 5.92 Å². The molecule has 9 heteroatoms. The molecule has 188 valence electrons. The minimum atomic E-state index is -2.06. The molecule has 0 bridgehead atoms. The van der Waals surface area contributed by atoms with Gasteiger partial charge in [0.15, 0.2) is 11.2 Å². The lowest BCUT2D eigenvalue weighted by Crippen LogP contribution is -2.52. The zero-order valence-corrected chi connectivity index (χ0v) is 21.4. The number of rotatable bonds is 6. The van der Waals surface area contributed by atoms with Gasteiger partial charge in [0.25, 0.3) is 0 Å². The molecule has 8 nitrogen and oxygen atoms in total. The number of benzene rings is 2. The second kappa shape index (κ2) is 9.15. The highest BCUT2D eigenvalue weighted by atomic mass is 79.9. The van der Waals surface area contributed by atoms with Crippen LogP contribution in [0.5, 0.6) is 11.5 Å². The van der Waals surface area contributed by atoms with Crippen molar-refractivity contribution in [1.82, 2.24) is 9.88 Å². The first-order chi connectivity index (χ1) is 17.3. The van der Waals surface area contributed by atoms with Crippen LogP contribution in [0, 0.1) is 5.92 Å². The Kier molecular flexibility index (Phi) is 6.28. The van der Waals surface area contributed by atoms with Gasteiger partial charge in [-0.1, -0.05) is 58.4 Å². The number of nitrogens with zero attached hydrogens (tertiary/aromatic N) is 2. The number of amides is 1. The number of carbonyl (C=O) groups excluding carboxylic acids is 1. The van der Waals surface area contributed by atoms with Crippen LogP contribution in [0.2, 0.25) is 0 Å². The average molecular weight is 555 g/mol. The van der Waals surface area contributed by atoms with Gasteiger partial charge in [0.1, 0.15) is 17.6 Å². The maximum absolute atomic E-state index is 13.8. The molecule has 3 N–H and O–H groups in total. The molecule has 5 atom stereocenters. The van der Waals surface area contributed by atoms with Gasteiger partial charge < -0.3 is 29.7 Å². The van der Waals surface area contributed by atoms with Gasteiger partial charge in [-0.3, -0.25) is 9.78 Å². The first-order valence-electron chi connectivity index (χ1n) is 11.6. The Hall–Kier alpha value is -2.98. The van der Waals surface area contributed by atoms with Crippen molar-refractivity contribution in [3.8, 4) is 11.5 Å². The van der Waals surface area contributed by atoms with Gasteiger partial charge in [0.05, 0.1) is 37.6 Å². The first-order valence-corrected chi connectivity index (χ1v) is 12.4. The Bertz CT molecular complexity index is 1270. The number of hydrogen-bond acceptors (Lipinski definition) is 7. The number of likely N-dealkylation sites (N-methyl/N-ethyl adjacent to an activating group) is 1. The van der Waals surface area contributed by atoms with Crippen molar-refractivity contribution in [2.75, 3.05) is 27.3 Å². The molecule has 5 rings (SSSR count). The summed E-state index contributed by atoms with van der Waals surface area (Å²) in [5, 5.41) is 34.1. The largest absolute Gasteiger partial charge is 0.495 e. The number of aliphatic hydroxyl groups is 3. The van der Waals surface area contributed by atoms with Crippen LogP contribution >= 0.6 is 15.9 Å². The van der Waals surface area contributed by atoms with E-state index in [-0.39, 0.29) is 30.2 Å². The highest BCUT2D eigenvalue weighted by molar-refractivity contribution is 9.10. The van der Waals surface area contributed by atoms with Crippen LogP contribution in [-0.4, -0.2) is 64.5 Å². The standard InChI is InChI=1S/C27H27BrN2O6/c1-30(12-13-31)25(33)21-22(16-6-4-3-5-7-16)27(17-8-10-18(28)11-9-17)26(34,24(21)32)23-19(35-2)14-29-15-20(23)36-27/h3-11,14-15,21-22,24,31-32,34H,12-13H2,1-2H3/t21?,22-,24-,26+,27?/m1/s1. The lowest BCUT2D eigenvalue weighted by atomic mass is 9.70. The Labute approximate surface area is 217 Å². The van der Waals surface area contributed by atoms with Crippen LogP contribution in [0.15, 0.2) is 71.5 Å². The summed E-state index contributed by atoms with van der Waals surface area (Å²) < 4.78 is 13.0. The molecule has 0 spiro atoms. The van der Waals surface area contributed by atoms with Gasteiger partial charge in [-0.25, -0.2) is 0 Å². The van der Waals surface area contributed by atoms with Crippen molar-refractivity contribution in [3.05, 3.63) is 88.2 Å². The van der Waals surface area contributed by atoms with Crippen LogP contribution in [0.3, 0.4) is 0 Å². The Morgan fingerprint density at radius 1 is 1.17 bits per heavy atom. The molecule has 1 aliphatic heterocycles. The van der Waals surface area contributed by atoms with Crippen molar-refractivity contribution in [3.63, 3.8) is 0 Å². The third kappa shape index (κ3) is 3.30. The fourth-order valence-corrected chi connectivity index (χ4v) is 6.15. The first kappa shape index (κ1) is 24.7. The summed E-state index contributed by atoms with van der Waals surface area (Å²) in [4.78, 5) is 19.4. The van der Waals surface area contributed by atoms with Gasteiger partial charge >= 0.3 is 0 Å². The normalized spacial score (nSPS) is 28.2. The van der Waals surface area contributed by atoms with Crippen LogP contribution in [-0.2, 0) is 16.0 Å². The van der Waals surface area contributed by atoms with Crippen LogP contribution < -0.4 is 9.47 Å². The Morgan fingerprint density at radius 2 is 1.86 bits per heavy atom. The minimum Gasteiger partial charge on any atom is -0.495 e. The summed E-state index contributed by atoms with van der Waals surface area (Å²) in [6.45, 7) is -0.153. The maximum Gasteiger partial charge on any atom is 0.229 e. The predicted molar refractivity (Wildman–Crippen MR) is 135 cm³/mol. The smallest absolute Gasteiger partial charge is 0.229 e. The van der Waals surface area contributed by atoms with Crippen molar-refractivity contribution in [1.29, 1.82) is 0 Å². The molecule has 3 aromatic rings. The number of pyridine rings is 1. The fraction of sp³-hybridized carbons (Fsp3) is 0.333. The molecule has 1 amide bonds. The molecule has 1 saturated carbocycles. The third-order valence-electron chi connectivity index (χ3n) is 7.41. The van der Waals surface area contributed by atoms with Crippen LogP contribution in [0.25, 0.3) is 0 Å². The number of hydrogen-bond donors (Lipinski definition) is 3. The average Bonchev–Trinajstić information content (AvgIpc) is 3.27. The van der Waals surface area contributed by atoms with Crippen molar-refractivity contribution < 1.29 is 29.6 Å². The monoisotopic (exact) mass is 554 g/mol. The minimum absolute atomic E-state index is 0.0813. The van der Waals surface area contributed by atoms with Crippen LogP contribution in [0.1, 0.15) is 22.6 Å². The van der Waals surface area contributed by atoms with E-state index in [0.29, 0.717) is 11.1 Å². The molecule has 36 heavy (non-hydrogen) atoms. The number of halogens is 1. The molecule has 2 unspecified atom stereocenters. The van der Waals surface area contributed by atoms with Gasteiger partial charge in [0, 0.05) is 24.0 Å². The highest BCUT2D eigenvalue weighted by Gasteiger charge is 2.78. The summed E-state index contributed by atoms with van der Waals surface area (Å²) in [5.41, 5.74) is -2.11. The number of methoxy groups -OCH3 is 1. The van der Waals surface area contributed by atoms with E-state index in [1.807, 2.05) is 54.6 Å². The zero-order valence-electron chi connectivity index (χ0n) is 19.8. The molecule has 2 heterocycles. The number of aliphatic hydroxyl groups excluding tert-OH is 2. The lowest BCUT2D eigenvalue weighted by Gasteiger charge is -2.40. The number of carbonyl (C=O) groups is 1. The summed E-state index contributed by atoms with van der Waals surface area (Å²) in [6.07, 6.45) is 1.37. The fourth-order valence-electron chi connectivity index (χ4n) is 5.88. The molecular formula is C27H27BrN2O6. The number of fused-ring (bicyclic) bond motifs is 3. The molecule has 1 aromatic heterocycles. The van der Waals surface area contributed by atoms with E-state index in [9.17, 15) is 20.1 Å². The molecule has 0 radical (unpaired) electrons. The SMILES string of the molecule is COc1cncc2c1[C@]1(O)[C@H](O)C(C(=O)N(C)CCO)[C@@H](c3ccccc3)C1(c1ccc(Br)cc1)O2. The molecule has 2 aliphatic rings. The van der Waals surface area contributed by atoms with E-state index >= 15 is 0 Å². The maximum atomic E-state index is 13.8. The summed E-state index contributed by atoms with van der Waals surface area (Å²) in [5.74, 6) is -1.79. The second-order valence-electron chi connectivity index (χ2n) is 9.17. The van der Waals surface area contributed by atoms with Crippen LogP contribution in [0.4, 0.5) is 0 Å². The third-order valence-corrected chi connectivity index (χ3v) is 7.94. The predicted octanol–water partition coefficient (Wildman–Crippen LogP) is 2.55. The lowest BCUT2D eigenvalue weighted by molar-refractivity contribution is -0.156. The van der Waals surface area contributed by atoms with E-state index in [0.717, 1.165) is 4.47 Å². The second-order valence-corrected chi connectivity index (χ2v) is 10.1. The number of aromatic nitrogens is 1. The van der Waals surface area contributed by atoms with Gasteiger partial charge in [-0.15, -0.1) is 0 Å². The quantitative estimate of drug-likeness (QED) is 0.429. The van der Waals surface area contributed by atoms with Gasteiger partial charge in [0.2, 0.25) is 5.91 Å². The van der Waals surface area contributed by atoms with E-state index in [1.54, 1.807) is 7.05 Å². The Balaban J connectivity index is 1.85. The topological polar surface area (TPSA) is 112 Å². The number of ether oxygens (including phenoxy) is 2. The van der Waals surface area contributed by atoms with E-state index in [1.165, 1.54) is 24.4 Å².